The first kappa shape index (κ1) is 21.4. The van der Waals surface area contributed by atoms with Crippen LogP contribution in [0.15, 0.2) is 42.5 Å². The van der Waals surface area contributed by atoms with Crippen LogP contribution < -0.4 is 10.1 Å². The van der Waals surface area contributed by atoms with Gasteiger partial charge in [-0.15, -0.1) is 0 Å². The van der Waals surface area contributed by atoms with Gasteiger partial charge in [-0.25, -0.2) is 4.79 Å². The van der Waals surface area contributed by atoms with Gasteiger partial charge in [0.05, 0.1) is 13.7 Å². The van der Waals surface area contributed by atoms with Crippen molar-refractivity contribution in [1.82, 2.24) is 0 Å². The number of ether oxygens (including phenoxy) is 2. The molecule has 2 rings (SSSR count). The van der Waals surface area contributed by atoms with Crippen LogP contribution in [0.2, 0.25) is 25.7 Å². The summed E-state index contributed by atoms with van der Waals surface area (Å²) < 4.78 is 10.6. The van der Waals surface area contributed by atoms with Crippen LogP contribution >= 0.6 is 0 Å². The fourth-order valence-corrected chi connectivity index (χ4v) is 3.12. The number of methoxy groups -OCH3 is 1. The van der Waals surface area contributed by atoms with Crippen molar-refractivity contribution in [1.29, 1.82) is 0 Å². The summed E-state index contributed by atoms with van der Waals surface area (Å²) in [6, 6.07) is 13.7. The maximum absolute atomic E-state index is 11.8. The number of aldehydes is 1. The summed E-state index contributed by atoms with van der Waals surface area (Å²) in [7, 11) is 0.362. The Labute approximate surface area is 167 Å². The van der Waals surface area contributed by atoms with E-state index >= 15 is 0 Å². The lowest BCUT2D eigenvalue weighted by atomic mass is 10.1. The van der Waals surface area contributed by atoms with Gasteiger partial charge in [-0.1, -0.05) is 56.1 Å². The van der Waals surface area contributed by atoms with Crippen LogP contribution in [0.3, 0.4) is 0 Å². The topological polar surface area (TPSA) is 64.6 Å². The molecule has 6 heteroatoms. The summed E-state index contributed by atoms with van der Waals surface area (Å²) in [4.78, 5) is 22.7. The van der Waals surface area contributed by atoms with E-state index < -0.39 is 14.2 Å². The Morgan fingerprint density at radius 1 is 1.04 bits per heavy atom. The van der Waals surface area contributed by atoms with Crippen LogP contribution in [0.5, 0.6) is 5.75 Å². The maximum atomic E-state index is 11.8. The lowest BCUT2D eigenvalue weighted by molar-refractivity contribution is 0.112. The molecule has 0 aliphatic heterocycles. The number of nitrogens with one attached hydrogen (secondary N) is 1. The van der Waals surface area contributed by atoms with Crippen molar-refractivity contribution in [2.24, 2.45) is 0 Å². The average Bonchev–Trinajstić information content (AvgIpc) is 2.66. The molecule has 0 aliphatic rings. The van der Waals surface area contributed by atoms with E-state index in [1.807, 2.05) is 42.5 Å². The Balaban J connectivity index is 1.94. The van der Waals surface area contributed by atoms with E-state index in [1.54, 1.807) is 19.2 Å². The standard InChI is InChI=1S/C22H27NO4Si/c1-26-21-15-18(16-24)6-10-19(21)9-5-17-7-11-20(12-8-17)23-22(25)27-13-14-28(2,3)4/h5-12,15-16H,13-14H2,1-4H3,(H,23,25). The van der Waals surface area contributed by atoms with Crippen molar-refractivity contribution >= 4 is 38.3 Å². The second kappa shape index (κ2) is 9.89. The molecule has 0 heterocycles. The van der Waals surface area contributed by atoms with Crippen LogP contribution in [-0.4, -0.2) is 34.2 Å². The molecule has 0 saturated heterocycles. The van der Waals surface area contributed by atoms with Crippen LogP contribution in [0.4, 0.5) is 10.5 Å². The number of hydrogen-bond donors (Lipinski definition) is 1. The number of carbonyl (C=O) groups is 2. The largest absolute Gasteiger partial charge is 0.496 e. The van der Waals surface area contributed by atoms with E-state index in [4.69, 9.17) is 9.47 Å². The summed E-state index contributed by atoms with van der Waals surface area (Å²) in [6.45, 7) is 7.18. The second-order valence-corrected chi connectivity index (χ2v) is 13.3. The van der Waals surface area contributed by atoms with Gasteiger partial charge in [0.2, 0.25) is 0 Å². The van der Waals surface area contributed by atoms with E-state index in [0.29, 0.717) is 23.6 Å². The zero-order valence-electron chi connectivity index (χ0n) is 16.8. The quantitative estimate of drug-likeness (QED) is 0.359. The van der Waals surface area contributed by atoms with Crippen molar-refractivity contribution in [2.45, 2.75) is 25.7 Å². The van der Waals surface area contributed by atoms with Crippen molar-refractivity contribution in [3.8, 4) is 5.75 Å². The van der Waals surface area contributed by atoms with Gasteiger partial charge in [0.15, 0.2) is 0 Å². The fraction of sp³-hybridized carbons (Fsp3) is 0.273. The molecule has 0 aromatic heterocycles. The molecule has 0 unspecified atom stereocenters. The highest BCUT2D eigenvalue weighted by molar-refractivity contribution is 6.76. The van der Waals surface area contributed by atoms with Gasteiger partial charge >= 0.3 is 6.09 Å². The molecule has 0 atom stereocenters. The molecule has 2 aromatic carbocycles. The van der Waals surface area contributed by atoms with E-state index in [-0.39, 0.29) is 0 Å². The number of hydrogen-bond acceptors (Lipinski definition) is 4. The Kier molecular flexibility index (Phi) is 7.58. The van der Waals surface area contributed by atoms with Gasteiger partial charge in [-0.2, -0.15) is 0 Å². The molecule has 148 valence electrons. The number of amides is 1. The molecule has 1 amide bonds. The van der Waals surface area contributed by atoms with E-state index in [0.717, 1.165) is 23.5 Å². The molecule has 5 nitrogen and oxygen atoms in total. The Morgan fingerprint density at radius 3 is 2.32 bits per heavy atom. The molecule has 0 bridgehead atoms. The second-order valence-electron chi connectivity index (χ2n) is 7.65. The third-order valence-electron chi connectivity index (χ3n) is 4.09. The third kappa shape index (κ3) is 7.04. The van der Waals surface area contributed by atoms with Crippen LogP contribution in [0.25, 0.3) is 12.2 Å². The third-order valence-corrected chi connectivity index (χ3v) is 5.80. The number of rotatable bonds is 8. The van der Waals surface area contributed by atoms with Gasteiger partial charge in [-0.3, -0.25) is 10.1 Å². The summed E-state index contributed by atoms with van der Waals surface area (Å²) in [6.07, 6.45) is 4.22. The number of carbonyl (C=O) groups excluding carboxylic acids is 2. The Hall–Kier alpha value is -2.86. The Morgan fingerprint density at radius 2 is 1.71 bits per heavy atom. The summed E-state index contributed by atoms with van der Waals surface area (Å²) in [5.74, 6) is 0.639. The van der Waals surface area contributed by atoms with Crippen LogP contribution in [0, 0.1) is 0 Å². The molecular weight excluding hydrogens is 370 g/mol. The summed E-state index contributed by atoms with van der Waals surface area (Å²) in [5, 5.41) is 2.74. The van der Waals surface area contributed by atoms with E-state index in [1.165, 1.54) is 0 Å². The number of benzene rings is 2. The molecule has 1 N–H and O–H groups in total. The molecule has 0 spiro atoms. The zero-order valence-corrected chi connectivity index (χ0v) is 17.8. The molecule has 0 radical (unpaired) electrons. The SMILES string of the molecule is COc1cc(C=O)ccc1C=Cc1ccc(NC(=O)OCC[Si](C)(C)C)cc1. The average molecular weight is 398 g/mol. The highest BCUT2D eigenvalue weighted by Crippen LogP contribution is 2.22. The predicted octanol–water partition coefficient (Wildman–Crippen LogP) is 5.56. The van der Waals surface area contributed by atoms with Crippen molar-refractivity contribution < 1.29 is 19.1 Å². The molecule has 28 heavy (non-hydrogen) atoms. The zero-order chi connectivity index (χ0) is 20.6. The van der Waals surface area contributed by atoms with Gasteiger partial charge in [-0.05, 0) is 29.8 Å². The van der Waals surface area contributed by atoms with Crippen LogP contribution in [0.1, 0.15) is 21.5 Å². The van der Waals surface area contributed by atoms with Crippen molar-refractivity contribution in [3.05, 3.63) is 59.2 Å². The normalized spacial score (nSPS) is 11.3. The predicted molar refractivity (Wildman–Crippen MR) is 117 cm³/mol. The first-order chi connectivity index (χ1) is 13.3. The molecule has 0 aliphatic carbocycles. The fourth-order valence-electron chi connectivity index (χ4n) is 2.41. The van der Waals surface area contributed by atoms with Gasteiger partial charge < -0.3 is 9.47 Å². The van der Waals surface area contributed by atoms with E-state index in [9.17, 15) is 9.59 Å². The highest BCUT2D eigenvalue weighted by atomic mass is 28.3. The van der Waals surface area contributed by atoms with Crippen LogP contribution in [-0.2, 0) is 4.74 Å². The van der Waals surface area contributed by atoms with Gasteiger partial charge in [0.1, 0.15) is 12.0 Å². The minimum absolute atomic E-state index is 0.429. The molecular formula is C22H27NO4Si. The monoisotopic (exact) mass is 397 g/mol. The van der Waals surface area contributed by atoms with Gasteiger partial charge in [0, 0.05) is 24.9 Å². The lowest BCUT2D eigenvalue weighted by Crippen LogP contribution is -2.24. The van der Waals surface area contributed by atoms with Gasteiger partial charge in [0.25, 0.3) is 0 Å². The molecule has 0 fully saturated rings. The van der Waals surface area contributed by atoms with Crippen molar-refractivity contribution in [3.63, 3.8) is 0 Å². The molecule has 2 aromatic rings. The first-order valence-corrected chi connectivity index (χ1v) is 12.9. The lowest BCUT2D eigenvalue weighted by Gasteiger charge is -2.15. The minimum Gasteiger partial charge on any atom is -0.496 e. The maximum Gasteiger partial charge on any atom is 0.411 e. The molecule has 0 saturated carbocycles. The summed E-state index contributed by atoms with van der Waals surface area (Å²) >= 11 is 0. The van der Waals surface area contributed by atoms with Crippen molar-refractivity contribution in [2.75, 3.05) is 19.0 Å². The number of anilines is 1. The summed E-state index contributed by atoms with van der Waals surface area (Å²) in [5.41, 5.74) is 3.10. The first-order valence-electron chi connectivity index (χ1n) is 9.16. The Bertz CT molecular complexity index is 839. The minimum atomic E-state index is -1.21. The highest BCUT2D eigenvalue weighted by Gasteiger charge is 2.13. The smallest absolute Gasteiger partial charge is 0.411 e. The van der Waals surface area contributed by atoms with E-state index in [2.05, 4.69) is 25.0 Å².